The Bertz CT molecular complexity index is 517. The number of rotatable bonds is 2. The Morgan fingerprint density at radius 2 is 2.56 bits per heavy atom. The highest BCUT2D eigenvalue weighted by atomic mass is 32.1. The number of H-pyrrole nitrogens is 1. The number of fused-ring (bicyclic) bond motifs is 1. The molecule has 0 spiro atoms. The molecular formula is C11H13N3OS. The highest BCUT2D eigenvalue weighted by Crippen LogP contribution is 2.32. The van der Waals surface area contributed by atoms with Crippen molar-refractivity contribution in [3.8, 4) is 10.7 Å². The summed E-state index contributed by atoms with van der Waals surface area (Å²) in [5.41, 5.74) is 8.89. The van der Waals surface area contributed by atoms with Crippen LogP contribution >= 0.6 is 11.3 Å². The molecule has 16 heavy (non-hydrogen) atoms. The van der Waals surface area contributed by atoms with E-state index in [1.54, 1.807) is 11.3 Å². The van der Waals surface area contributed by atoms with Crippen LogP contribution in [0.1, 0.15) is 30.0 Å². The summed E-state index contributed by atoms with van der Waals surface area (Å²) >= 11 is 1.67. The molecule has 3 N–H and O–H groups in total. The van der Waals surface area contributed by atoms with Crippen LogP contribution in [-0.2, 0) is 17.9 Å². The van der Waals surface area contributed by atoms with Crippen molar-refractivity contribution in [3.05, 3.63) is 28.4 Å². The molecule has 2 aromatic rings. The number of nitrogens with zero attached hydrogens (tertiary/aromatic N) is 1. The number of hydrogen-bond acceptors (Lipinski definition) is 4. The first-order valence-corrected chi connectivity index (χ1v) is 6.14. The van der Waals surface area contributed by atoms with Gasteiger partial charge < -0.3 is 15.5 Å². The zero-order valence-corrected chi connectivity index (χ0v) is 9.80. The first kappa shape index (κ1) is 10.0. The van der Waals surface area contributed by atoms with Crippen molar-refractivity contribution in [2.45, 2.75) is 26.2 Å². The maximum absolute atomic E-state index is 5.59. The molecule has 0 aliphatic carbocycles. The summed E-state index contributed by atoms with van der Waals surface area (Å²) in [6, 6.07) is 2.09. The van der Waals surface area contributed by atoms with E-state index >= 15 is 0 Å². The van der Waals surface area contributed by atoms with Crippen LogP contribution in [0.3, 0.4) is 0 Å². The minimum absolute atomic E-state index is 0.106. The van der Waals surface area contributed by atoms with Gasteiger partial charge in [0.15, 0.2) is 0 Å². The maximum atomic E-state index is 5.59. The number of aromatic amines is 1. The van der Waals surface area contributed by atoms with E-state index in [4.69, 9.17) is 10.5 Å². The first-order chi connectivity index (χ1) is 7.78. The molecule has 5 heteroatoms. The van der Waals surface area contributed by atoms with Crippen LogP contribution in [0.2, 0.25) is 0 Å². The van der Waals surface area contributed by atoms with E-state index in [0.717, 1.165) is 27.7 Å². The predicted molar refractivity (Wildman–Crippen MR) is 63.0 cm³/mol. The van der Waals surface area contributed by atoms with Crippen molar-refractivity contribution in [3.63, 3.8) is 0 Å². The van der Waals surface area contributed by atoms with Gasteiger partial charge in [0.25, 0.3) is 0 Å². The smallest absolute Gasteiger partial charge is 0.148 e. The minimum atomic E-state index is 0.106. The molecule has 0 fully saturated rings. The van der Waals surface area contributed by atoms with Crippen LogP contribution in [-0.4, -0.2) is 9.97 Å². The van der Waals surface area contributed by atoms with E-state index in [9.17, 15) is 0 Å². The summed E-state index contributed by atoms with van der Waals surface area (Å²) < 4.78 is 5.47. The third kappa shape index (κ3) is 1.48. The Morgan fingerprint density at radius 3 is 3.25 bits per heavy atom. The second-order valence-corrected chi connectivity index (χ2v) is 4.84. The average Bonchev–Trinajstić information content (AvgIpc) is 2.95. The number of hydrogen-bond donors (Lipinski definition) is 2. The molecule has 0 aromatic carbocycles. The molecule has 4 nitrogen and oxygen atoms in total. The molecule has 1 aliphatic rings. The Hall–Kier alpha value is -1.17. The molecule has 0 saturated carbocycles. The van der Waals surface area contributed by atoms with Crippen molar-refractivity contribution in [2.75, 3.05) is 0 Å². The van der Waals surface area contributed by atoms with Crippen LogP contribution < -0.4 is 5.73 Å². The summed E-state index contributed by atoms with van der Waals surface area (Å²) in [6.45, 7) is 3.24. The molecule has 0 amide bonds. The van der Waals surface area contributed by atoms with E-state index in [1.807, 2.05) is 6.92 Å². The number of aromatic nitrogens is 2. The van der Waals surface area contributed by atoms with Gasteiger partial charge in [-0.15, -0.1) is 11.3 Å². The fourth-order valence-electron chi connectivity index (χ4n) is 1.88. The number of ether oxygens (including phenoxy) is 1. The molecule has 84 valence electrons. The molecule has 1 atom stereocenters. The van der Waals surface area contributed by atoms with Crippen LogP contribution in [0.5, 0.6) is 0 Å². The standard InChI is InChI=1S/C11H13N3OS/c1-6-10-8(4-15-6)13-11(14-10)9-2-7(3-12)5-16-9/h2,5-6H,3-4,12H2,1H3,(H,13,14). The van der Waals surface area contributed by atoms with E-state index in [-0.39, 0.29) is 6.10 Å². The zero-order chi connectivity index (χ0) is 11.1. The minimum Gasteiger partial charge on any atom is -0.366 e. The van der Waals surface area contributed by atoms with Gasteiger partial charge in [0.1, 0.15) is 5.82 Å². The van der Waals surface area contributed by atoms with Crippen LogP contribution in [0.25, 0.3) is 10.7 Å². The Balaban J connectivity index is 1.98. The van der Waals surface area contributed by atoms with Gasteiger partial charge in [-0.1, -0.05) is 0 Å². The molecule has 0 saturated heterocycles. The summed E-state index contributed by atoms with van der Waals surface area (Å²) in [5, 5.41) is 2.07. The van der Waals surface area contributed by atoms with Crippen molar-refractivity contribution in [1.82, 2.24) is 9.97 Å². The van der Waals surface area contributed by atoms with Gasteiger partial charge in [-0.25, -0.2) is 4.98 Å². The second-order valence-electron chi connectivity index (χ2n) is 3.93. The SMILES string of the molecule is CC1OCc2[nH]c(-c3cc(CN)cs3)nc21. The predicted octanol–water partition coefficient (Wildman–Crippen LogP) is 2.19. The van der Waals surface area contributed by atoms with E-state index in [1.165, 1.54) is 0 Å². The Kier molecular flexibility index (Phi) is 2.31. The number of nitrogens with one attached hydrogen (secondary N) is 1. The van der Waals surface area contributed by atoms with E-state index in [0.29, 0.717) is 13.2 Å². The Labute approximate surface area is 97.5 Å². The average molecular weight is 235 g/mol. The van der Waals surface area contributed by atoms with E-state index < -0.39 is 0 Å². The number of thiophene rings is 1. The molecule has 2 aromatic heterocycles. The highest BCUT2D eigenvalue weighted by molar-refractivity contribution is 7.13. The summed E-state index contributed by atoms with van der Waals surface area (Å²) in [6.07, 6.45) is 0.106. The van der Waals surface area contributed by atoms with Gasteiger partial charge in [0, 0.05) is 6.54 Å². The summed E-state index contributed by atoms with van der Waals surface area (Å²) in [4.78, 5) is 9.03. The number of nitrogens with two attached hydrogens (primary N) is 1. The molecule has 3 rings (SSSR count). The molecule has 0 bridgehead atoms. The Morgan fingerprint density at radius 1 is 1.69 bits per heavy atom. The highest BCUT2D eigenvalue weighted by Gasteiger charge is 2.24. The second kappa shape index (κ2) is 3.69. The fourth-order valence-corrected chi connectivity index (χ4v) is 2.75. The van der Waals surface area contributed by atoms with Gasteiger partial charge in [-0.05, 0) is 23.9 Å². The third-order valence-corrected chi connectivity index (χ3v) is 3.78. The lowest BCUT2D eigenvalue weighted by molar-refractivity contribution is 0.0762. The van der Waals surface area contributed by atoms with Crippen LogP contribution in [0.4, 0.5) is 0 Å². The normalized spacial score (nSPS) is 19.0. The molecular weight excluding hydrogens is 222 g/mol. The summed E-state index contributed by atoms with van der Waals surface area (Å²) in [7, 11) is 0. The van der Waals surface area contributed by atoms with Gasteiger partial charge >= 0.3 is 0 Å². The first-order valence-electron chi connectivity index (χ1n) is 5.26. The van der Waals surface area contributed by atoms with Crippen molar-refractivity contribution in [1.29, 1.82) is 0 Å². The largest absolute Gasteiger partial charge is 0.366 e. The van der Waals surface area contributed by atoms with Gasteiger partial charge in [-0.3, -0.25) is 0 Å². The van der Waals surface area contributed by atoms with E-state index in [2.05, 4.69) is 21.4 Å². The molecule has 1 unspecified atom stereocenters. The third-order valence-electron chi connectivity index (χ3n) is 2.80. The lowest BCUT2D eigenvalue weighted by Crippen LogP contribution is -1.93. The monoisotopic (exact) mass is 235 g/mol. The fraction of sp³-hybridized carbons (Fsp3) is 0.364. The summed E-state index contributed by atoms with van der Waals surface area (Å²) in [5.74, 6) is 0.935. The van der Waals surface area contributed by atoms with Crippen LogP contribution in [0, 0.1) is 0 Å². The van der Waals surface area contributed by atoms with Crippen LogP contribution in [0.15, 0.2) is 11.4 Å². The lowest BCUT2D eigenvalue weighted by atomic mass is 10.3. The molecule has 1 aliphatic heterocycles. The number of imidazole rings is 1. The van der Waals surface area contributed by atoms with Crippen molar-refractivity contribution < 1.29 is 4.74 Å². The van der Waals surface area contributed by atoms with Crippen molar-refractivity contribution in [2.24, 2.45) is 5.73 Å². The van der Waals surface area contributed by atoms with Gasteiger partial charge in [-0.2, -0.15) is 0 Å². The molecule has 0 radical (unpaired) electrons. The lowest BCUT2D eigenvalue weighted by Gasteiger charge is -1.99. The van der Waals surface area contributed by atoms with Gasteiger partial charge in [0.2, 0.25) is 0 Å². The maximum Gasteiger partial charge on any atom is 0.148 e. The van der Waals surface area contributed by atoms with Gasteiger partial charge in [0.05, 0.1) is 29.0 Å². The molecule has 3 heterocycles. The zero-order valence-electron chi connectivity index (χ0n) is 8.99. The quantitative estimate of drug-likeness (QED) is 0.838. The topological polar surface area (TPSA) is 63.9 Å². The van der Waals surface area contributed by atoms with Crippen molar-refractivity contribution >= 4 is 11.3 Å².